The number of methoxy groups -OCH3 is 2. The summed E-state index contributed by atoms with van der Waals surface area (Å²) in [5, 5.41) is 11.6. The molecule has 1 heterocycles. The van der Waals surface area contributed by atoms with Crippen LogP contribution >= 0.6 is 0 Å². The average Bonchev–Trinajstić information content (AvgIpc) is 2.64. The fraction of sp³-hybridized carbons (Fsp3) is 0.350. The maximum atomic E-state index is 12.5. The van der Waals surface area contributed by atoms with Crippen molar-refractivity contribution >= 4 is 17.8 Å². The highest BCUT2D eigenvalue weighted by Gasteiger charge is 2.27. The van der Waals surface area contributed by atoms with E-state index in [2.05, 4.69) is 10.3 Å². The molecule has 1 aliphatic rings. The zero-order chi connectivity index (χ0) is 19.4. The second-order valence-corrected chi connectivity index (χ2v) is 6.53. The number of anilines is 1. The first-order chi connectivity index (χ1) is 13.1. The van der Waals surface area contributed by atoms with E-state index in [4.69, 9.17) is 14.9 Å². The van der Waals surface area contributed by atoms with Gasteiger partial charge >= 0.3 is 0 Å². The van der Waals surface area contributed by atoms with Crippen molar-refractivity contribution in [2.24, 2.45) is 5.92 Å². The Morgan fingerprint density at radius 3 is 2.67 bits per heavy atom. The van der Waals surface area contributed by atoms with Crippen LogP contribution in [0.3, 0.4) is 0 Å². The van der Waals surface area contributed by atoms with Gasteiger partial charge in [0.1, 0.15) is 17.3 Å². The van der Waals surface area contributed by atoms with Crippen LogP contribution in [0.2, 0.25) is 0 Å². The third-order valence-corrected chi connectivity index (χ3v) is 4.91. The smallest absolute Gasteiger partial charge is 0.193 e. The van der Waals surface area contributed by atoms with Crippen molar-refractivity contribution in [2.75, 3.05) is 19.5 Å². The molecule has 2 aromatic rings. The van der Waals surface area contributed by atoms with Crippen molar-refractivity contribution in [3.63, 3.8) is 0 Å². The molecule has 27 heavy (non-hydrogen) atoms. The molecule has 142 valence electrons. The molecule has 0 spiro atoms. The van der Waals surface area contributed by atoms with Crippen molar-refractivity contribution in [3.8, 4) is 11.5 Å². The quantitative estimate of drug-likeness (QED) is 0.490. The molecule has 7 nitrogen and oxygen atoms in total. The average molecular weight is 369 g/mol. The molecule has 0 unspecified atom stereocenters. The molecule has 1 aromatic carbocycles. The number of aromatic amines is 1. The first-order valence-corrected chi connectivity index (χ1v) is 8.83. The number of benzene rings is 1. The Hall–Kier alpha value is -3.09. The van der Waals surface area contributed by atoms with Gasteiger partial charge in [0.05, 0.1) is 25.5 Å². The second-order valence-electron chi connectivity index (χ2n) is 6.53. The van der Waals surface area contributed by atoms with Crippen molar-refractivity contribution in [1.82, 2.24) is 4.98 Å². The first kappa shape index (κ1) is 18.7. The molecular weight excluding hydrogens is 346 g/mol. The van der Waals surface area contributed by atoms with Gasteiger partial charge in [0.25, 0.3) is 0 Å². The van der Waals surface area contributed by atoms with Crippen LogP contribution in [0.1, 0.15) is 40.9 Å². The van der Waals surface area contributed by atoms with E-state index < -0.39 is 0 Å². The van der Waals surface area contributed by atoms with E-state index in [-0.39, 0.29) is 17.0 Å². The fourth-order valence-corrected chi connectivity index (χ4v) is 3.13. The minimum atomic E-state index is -0.322. The second kappa shape index (κ2) is 8.07. The summed E-state index contributed by atoms with van der Waals surface area (Å²) in [5.41, 5.74) is 1.34. The minimum Gasteiger partial charge on any atom is -0.497 e. The van der Waals surface area contributed by atoms with E-state index in [1.54, 1.807) is 20.3 Å². The largest absolute Gasteiger partial charge is 0.497 e. The van der Waals surface area contributed by atoms with Crippen molar-refractivity contribution < 1.29 is 14.3 Å². The Labute approximate surface area is 157 Å². The molecule has 7 heteroatoms. The van der Waals surface area contributed by atoms with Crippen LogP contribution in [0, 0.1) is 11.3 Å². The third kappa shape index (κ3) is 3.86. The van der Waals surface area contributed by atoms with Crippen molar-refractivity contribution in [1.29, 1.82) is 5.41 Å². The number of aldehydes is 1. The van der Waals surface area contributed by atoms with Crippen LogP contribution in [-0.2, 0) is 6.54 Å². The number of carbonyl (C=O) groups excluding carboxylic acids is 1. The summed E-state index contributed by atoms with van der Waals surface area (Å²) < 4.78 is 10.6. The molecule has 3 N–H and O–H groups in total. The van der Waals surface area contributed by atoms with Crippen LogP contribution in [0.4, 0.5) is 5.82 Å². The van der Waals surface area contributed by atoms with Crippen LogP contribution in [0.15, 0.2) is 29.1 Å². The zero-order valence-electron chi connectivity index (χ0n) is 15.4. The monoisotopic (exact) mass is 369 g/mol. The Morgan fingerprint density at radius 2 is 2.07 bits per heavy atom. The van der Waals surface area contributed by atoms with Crippen LogP contribution in [0.25, 0.3) is 0 Å². The molecule has 0 bridgehead atoms. The van der Waals surface area contributed by atoms with E-state index in [0.29, 0.717) is 41.4 Å². The van der Waals surface area contributed by atoms with Gasteiger partial charge in [-0.05, 0) is 25.0 Å². The third-order valence-electron chi connectivity index (χ3n) is 4.91. The van der Waals surface area contributed by atoms with Crippen LogP contribution < -0.4 is 20.2 Å². The Bertz CT molecular complexity index is 916. The molecule has 0 atom stereocenters. The van der Waals surface area contributed by atoms with Gasteiger partial charge < -0.3 is 25.2 Å². The van der Waals surface area contributed by atoms with Gasteiger partial charge in [-0.25, -0.2) is 0 Å². The van der Waals surface area contributed by atoms with Crippen LogP contribution in [-0.4, -0.2) is 31.2 Å². The molecule has 1 saturated carbocycles. The van der Waals surface area contributed by atoms with Gasteiger partial charge in [-0.2, -0.15) is 0 Å². The number of carbonyl (C=O) groups is 1. The molecule has 1 fully saturated rings. The Kier molecular flexibility index (Phi) is 5.59. The summed E-state index contributed by atoms with van der Waals surface area (Å²) in [4.78, 5) is 26.6. The molecule has 0 radical (unpaired) electrons. The summed E-state index contributed by atoms with van der Waals surface area (Å²) >= 11 is 0. The van der Waals surface area contributed by atoms with E-state index >= 15 is 0 Å². The summed E-state index contributed by atoms with van der Waals surface area (Å²) in [6, 6.07) is 6.71. The Balaban J connectivity index is 1.91. The number of pyridine rings is 1. The van der Waals surface area contributed by atoms with Gasteiger partial charge in [0.2, 0.25) is 0 Å². The van der Waals surface area contributed by atoms with E-state index in [0.717, 1.165) is 24.8 Å². The zero-order valence-corrected chi connectivity index (χ0v) is 15.4. The lowest BCUT2D eigenvalue weighted by atomic mass is 9.79. The van der Waals surface area contributed by atoms with Gasteiger partial charge in [0, 0.05) is 35.9 Å². The standard InChI is InChI=1S/C20H23N3O4/c1-26-15-7-6-13(17(9-15)27-2)10-22-20-18(19(21)12-4-3-5-12)16(25)8-14(11-24)23-20/h6-9,11-12,21H,3-5,10H2,1-2H3,(H2,22,23,25). The maximum absolute atomic E-state index is 12.5. The van der Waals surface area contributed by atoms with Crippen LogP contribution in [0.5, 0.6) is 11.5 Å². The number of ether oxygens (including phenoxy) is 2. The SMILES string of the molecule is COc1ccc(CNc2[nH]c(C=O)cc(=O)c2C(=N)C2CCC2)c(OC)c1. The first-order valence-electron chi connectivity index (χ1n) is 8.83. The van der Waals surface area contributed by atoms with Gasteiger partial charge in [-0.3, -0.25) is 9.59 Å². The molecule has 0 saturated heterocycles. The fourth-order valence-electron chi connectivity index (χ4n) is 3.13. The topological polar surface area (TPSA) is 104 Å². The summed E-state index contributed by atoms with van der Waals surface area (Å²) in [5.74, 6) is 1.81. The van der Waals surface area contributed by atoms with Gasteiger partial charge in [-0.15, -0.1) is 0 Å². The molecule has 1 aromatic heterocycles. The highest BCUT2D eigenvalue weighted by molar-refractivity contribution is 6.04. The summed E-state index contributed by atoms with van der Waals surface area (Å²) in [6.07, 6.45) is 3.50. The summed E-state index contributed by atoms with van der Waals surface area (Å²) in [7, 11) is 3.16. The number of nitrogens with one attached hydrogen (secondary N) is 3. The van der Waals surface area contributed by atoms with Gasteiger partial charge in [-0.1, -0.05) is 6.42 Å². The summed E-state index contributed by atoms with van der Waals surface area (Å²) in [6.45, 7) is 0.358. The van der Waals surface area contributed by atoms with E-state index in [9.17, 15) is 9.59 Å². The van der Waals surface area contributed by atoms with Crippen molar-refractivity contribution in [3.05, 3.63) is 51.3 Å². The number of rotatable bonds is 8. The Morgan fingerprint density at radius 1 is 1.30 bits per heavy atom. The molecule has 0 aliphatic heterocycles. The van der Waals surface area contributed by atoms with E-state index in [1.807, 2.05) is 12.1 Å². The molecule has 1 aliphatic carbocycles. The molecular formula is C20H23N3O4. The normalized spacial score (nSPS) is 13.6. The highest BCUT2D eigenvalue weighted by Crippen LogP contribution is 2.31. The maximum Gasteiger partial charge on any atom is 0.193 e. The number of hydrogen-bond acceptors (Lipinski definition) is 6. The van der Waals surface area contributed by atoms with E-state index in [1.165, 1.54) is 6.07 Å². The number of aromatic nitrogens is 1. The lowest BCUT2D eigenvalue weighted by Crippen LogP contribution is -2.29. The van der Waals surface area contributed by atoms with Crippen molar-refractivity contribution in [2.45, 2.75) is 25.8 Å². The number of H-pyrrole nitrogens is 1. The predicted octanol–water partition coefficient (Wildman–Crippen LogP) is 2.98. The molecule has 3 rings (SSSR count). The van der Waals surface area contributed by atoms with Gasteiger partial charge in [0.15, 0.2) is 11.7 Å². The minimum absolute atomic E-state index is 0.101. The molecule has 0 amide bonds. The number of hydrogen-bond donors (Lipinski definition) is 3. The highest BCUT2D eigenvalue weighted by atomic mass is 16.5. The lowest BCUT2D eigenvalue weighted by molar-refractivity contribution is 0.111. The lowest BCUT2D eigenvalue weighted by Gasteiger charge is -2.27. The predicted molar refractivity (Wildman–Crippen MR) is 103 cm³/mol.